The van der Waals surface area contributed by atoms with Crippen LogP contribution in [0.1, 0.15) is 0 Å². The molecule has 0 aliphatic rings. The predicted molar refractivity (Wildman–Crippen MR) is 69.8 cm³/mol. The molecule has 7 nitrogen and oxygen atoms in total. The number of benzene rings is 1. The Morgan fingerprint density at radius 1 is 1.16 bits per heavy atom. The lowest BCUT2D eigenvalue weighted by atomic mass is 10.3. The molecule has 0 heterocycles. The molecular formula is C8H7Cl2NO6S2. The average molecular weight is 348 g/mol. The Labute approximate surface area is 118 Å². The van der Waals surface area contributed by atoms with Crippen molar-refractivity contribution in [2.45, 2.75) is 4.90 Å². The van der Waals surface area contributed by atoms with Crippen LogP contribution in [0.4, 0.5) is 5.69 Å². The zero-order valence-electron chi connectivity index (χ0n) is 9.12. The van der Waals surface area contributed by atoms with Gasteiger partial charge >= 0.3 is 0 Å². The van der Waals surface area contributed by atoms with Gasteiger partial charge in [-0.2, -0.15) is 0 Å². The molecule has 0 fully saturated rings. The molecule has 0 radical (unpaired) electrons. The minimum absolute atomic E-state index is 0.346. The summed E-state index contributed by atoms with van der Waals surface area (Å²) >= 11 is 5.64. The summed E-state index contributed by atoms with van der Waals surface area (Å²) in [6.07, 6.45) is 0. The minimum atomic E-state index is -3.98. The zero-order chi connectivity index (χ0) is 14.8. The SMILES string of the molecule is O=[N+]([O-])c1ccc(S(=O)(=O)CCS(=O)(=O)Cl)c(Cl)c1. The maximum atomic E-state index is 11.8. The van der Waals surface area contributed by atoms with E-state index in [1.54, 1.807) is 0 Å². The molecule has 0 bridgehead atoms. The maximum absolute atomic E-state index is 11.8. The lowest BCUT2D eigenvalue weighted by Crippen LogP contribution is -2.14. The van der Waals surface area contributed by atoms with E-state index in [2.05, 4.69) is 0 Å². The Hall–Kier alpha value is -0.900. The fraction of sp³-hybridized carbons (Fsp3) is 0.250. The molecule has 0 aliphatic carbocycles. The number of hydrogen-bond donors (Lipinski definition) is 0. The summed E-state index contributed by atoms with van der Waals surface area (Å²) in [7, 11) is -3.02. The van der Waals surface area contributed by atoms with Crippen molar-refractivity contribution in [1.29, 1.82) is 0 Å². The Morgan fingerprint density at radius 2 is 1.74 bits per heavy atom. The molecule has 1 rings (SSSR count). The van der Waals surface area contributed by atoms with Gasteiger partial charge in [-0.25, -0.2) is 16.8 Å². The normalized spacial score (nSPS) is 12.3. The smallest absolute Gasteiger partial charge is 0.258 e. The van der Waals surface area contributed by atoms with E-state index in [4.69, 9.17) is 22.3 Å². The number of hydrogen-bond acceptors (Lipinski definition) is 6. The highest BCUT2D eigenvalue weighted by atomic mass is 35.7. The third-order valence-electron chi connectivity index (χ3n) is 2.06. The topological polar surface area (TPSA) is 111 Å². The van der Waals surface area contributed by atoms with Crippen molar-refractivity contribution in [3.05, 3.63) is 33.3 Å². The molecule has 0 aromatic heterocycles. The summed E-state index contributed by atoms with van der Waals surface area (Å²) in [5.41, 5.74) is -0.367. The number of halogens is 2. The number of nitro groups is 1. The van der Waals surface area contributed by atoms with Gasteiger partial charge in [-0.15, -0.1) is 0 Å². The number of nitro benzene ring substituents is 1. The standard InChI is InChI=1S/C8H7Cl2NO6S2/c9-7-5-6(11(12)13)1-2-8(7)18(14,15)3-4-19(10,16)17/h1-2,5H,3-4H2. The number of nitrogens with zero attached hydrogens (tertiary/aromatic N) is 1. The van der Waals surface area contributed by atoms with Gasteiger partial charge in [-0.1, -0.05) is 11.6 Å². The molecule has 0 aliphatic heterocycles. The number of sulfone groups is 1. The fourth-order valence-corrected chi connectivity index (χ4v) is 4.79. The minimum Gasteiger partial charge on any atom is -0.258 e. The molecule has 0 atom stereocenters. The third-order valence-corrected chi connectivity index (χ3v) is 5.66. The summed E-state index contributed by atoms with van der Waals surface area (Å²) in [6, 6.07) is 2.80. The van der Waals surface area contributed by atoms with Gasteiger partial charge in [-0.05, 0) is 6.07 Å². The van der Waals surface area contributed by atoms with Crippen molar-refractivity contribution in [3.63, 3.8) is 0 Å². The highest BCUT2D eigenvalue weighted by Crippen LogP contribution is 2.27. The second-order valence-corrected chi connectivity index (χ2v) is 8.81. The molecule has 0 saturated heterocycles. The second kappa shape index (κ2) is 5.61. The van der Waals surface area contributed by atoms with Crippen LogP contribution >= 0.6 is 22.3 Å². The van der Waals surface area contributed by atoms with Crippen molar-refractivity contribution in [1.82, 2.24) is 0 Å². The Kier molecular flexibility index (Phi) is 4.77. The summed E-state index contributed by atoms with van der Waals surface area (Å²) in [5, 5.41) is 10.1. The summed E-state index contributed by atoms with van der Waals surface area (Å²) in [6.45, 7) is 0. The average Bonchev–Trinajstić information content (AvgIpc) is 2.25. The van der Waals surface area contributed by atoms with Gasteiger partial charge in [0.05, 0.1) is 26.3 Å². The summed E-state index contributed by atoms with van der Waals surface area (Å²) < 4.78 is 45.0. The van der Waals surface area contributed by atoms with E-state index in [-0.39, 0.29) is 15.6 Å². The molecule has 106 valence electrons. The van der Waals surface area contributed by atoms with E-state index >= 15 is 0 Å². The molecule has 1 aromatic rings. The fourth-order valence-electron chi connectivity index (χ4n) is 1.17. The van der Waals surface area contributed by atoms with Crippen LogP contribution < -0.4 is 0 Å². The van der Waals surface area contributed by atoms with Crippen LogP contribution in [0.25, 0.3) is 0 Å². The number of rotatable bonds is 5. The maximum Gasteiger partial charge on any atom is 0.271 e. The van der Waals surface area contributed by atoms with Crippen LogP contribution in [0.2, 0.25) is 5.02 Å². The first kappa shape index (κ1) is 16.2. The largest absolute Gasteiger partial charge is 0.271 e. The molecule has 0 spiro atoms. The highest BCUT2D eigenvalue weighted by molar-refractivity contribution is 8.14. The molecule has 11 heteroatoms. The molecule has 1 aromatic carbocycles. The third kappa shape index (κ3) is 4.60. The van der Waals surface area contributed by atoms with E-state index in [1.807, 2.05) is 0 Å². The zero-order valence-corrected chi connectivity index (χ0v) is 12.3. The van der Waals surface area contributed by atoms with Gasteiger partial charge < -0.3 is 0 Å². The summed E-state index contributed by atoms with van der Waals surface area (Å²) in [4.78, 5) is 9.37. The molecule has 0 N–H and O–H groups in total. The predicted octanol–water partition coefficient (Wildman–Crippen LogP) is 1.59. The van der Waals surface area contributed by atoms with Gasteiger partial charge in [0.15, 0.2) is 9.84 Å². The van der Waals surface area contributed by atoms with Crippen molar-refractivity contribution in [3.8, 4) is 0 Å². The molecular weight excluding hydrogens is 341 g/mol. The Balaban J connectivity index is 3.12. The first-order valence-corrected chi connectivity index (χ1v) is 9.13. The van der Waals surface area contributed by atoms with E-state index in [1.165, 1.54) is 0 Å². The van der Waals surface area contributed by atoms with Crippen molar-refractivity contribution >= 4 is 46.9 Å². The van der Waals surface area contributed by atoms with Crippen LogP contribution in [0.5, 0.6) is 0 Å². The van der Waals surface area contributed by atoms with Gasteiger partial charge in [0.1, 0.15) is 0 Å². The first-order chi connectivity index (χ1) is 8.53. The van der Waals surface area contributed by atoms with E-state index in [0.717, 1.165) is 18.2 Å². The van der Waals surface area contributed by atoms with Crippen molar-refractivity contribution in [2.24, 2.45) is 0 Å². The Bertz CT molecular complexity index is 713. The first-order valence-electron chi connectivity index (χ1n) is 4.62. The van der Waals surface area contributed by atoms with Gasteiger partial charge in [0.2, 0.25) is 9.05 Å². The van der Waals surface area contributed by atoms with E-state index in [0.29, 0.717) is 0 Å². The van der Waals surface area contributed by atoms with E-state index < -0.39 is 35.3 Å². The highest BCUT2D eigenvalue weighted by Gasteiger charge is 2.22. The van der Waals surface area contributed by atoms with Crippen molar-refractivity contribution in [2.75, 3.05) is 11.5 Å². The number of non-ortho nitro benzene ring substituents is 1. The molecule has 0 amide bonds. The lowest BCUT2D eigenvalue weighted by Gasteiger charge is -2.05. The van der Waals surface area contributed by atoms with Crippen LogP contribution in [0.15, 0.2) is 23.1 Å². The van der Waals surface area contributed by atoms with Gasteiger partial charge in [0.25, 0.3) is 5.69 Å². The quantitative estimate of drug-likeness (QED) is 0.454. The summed E-state index contributed by atoms with van der Waals surface area (Å²) in [5.74, 6) is -1.53. The van der Waals surface area contributed by atoms with Gasteiger partial charge in [-0.3, -0.25) is 10.1 Å². The molecule has 0 saturated carbocycles. The van der Waals surface area contributed by atoms with E-state index in [9.17, 15) is 26.9 Å². The second-order valence-electron chi connectivity index (χ2n) is 3.43. The Morgan fingerprint density at radius 3 is 2.16 bits per heavy atom. The van der Waals surface area contributed by atoms with Crippen molar-refractivity contribution < 1.29 is 21.8 Å². The van der Waals surface area contributed by atoms with Crippen LogP contribution in [0.3, 0.4) is 0 Å². The van der Waals surface area contributed by atoms with Crippen LogP contribution in [-0.2, 0) is 18.9 Å². The molecule has 0 unspecified atom stereocenters. The van der Waals surface area contributed by atoms with Crippen LogP contribution in [-0.4, -0.2) is 33.3 Å². The van der Waals surface area contributed by atoms with Gasteiger partial charge in [0, 0.05) is 22.8 Å². The lowest BCUT2D eigenvalue weighted by molar-refractivity contribution is -0.384. The molecule has 19 heavy (non-hydrogen) atoms. The van der Waals surface area contributed by atoms with Crippen LogP contribution in [0, 0.1) is 10.1 Å². The monoisotopic (exact) mass is 347 g/mol.